The number of nitrogens with zero attached hydrogens (tertiary/aromatic N) is 1. The Morgan fingerprint density at radius 2 is 1.88 bits per heavy atom. The Balaban J connectivity index is 0.00000363. The molecule has 0 saturated carbocycles. The van der Waals surface area contributed by atoms with E-state index in [1.807, 2.05) is 20.8 Å². The first-order valence-electron chi connectivity index (χ1n) is 10.0. The van der Waals surface area contributed by atoms with E-state index < -0.39 is 27.3 Å². The van der Waals surface area contributed by atoms with Crippen LogP contribution in [-0.4, -0.2) is 68.9 Å². The molecule has 0 bridgehead atoms. The van der Waals surface area contributed by atoms with Crippen molar-refractivity contribution in [2.45, 2.75) is 46.6 Å². The molecule has 32 heavy (non-hydrogen) atoms. The molecule has 0 saturated heterocycles. The van der Waals surface area contributed by atoms with Gasteiger partial charge in [-0.05, 0) is 52.3 Å². The number of carbonyl (C=O) groups excluding carboxylic acids is 1. The summed E-state index contributed by atoms with van der Waals surface area (Å²) in [6.45, 7) is 10.1. The quantitative estimate of drug-likeness (QED) is 0.273. The number of hydrogen-bond acceptors (Lipinski definition) is 8. The van der Waals surface area contributed by atoms with Crippen molar-refractivity contribution in [3.05, 3.63) is 45.3 Å². The van der Waals surface area contributed by atoms with E-state index in [0.717, 1.165) is 6.26 Å². The molecular formula is C22H28NNaO7S. The van der Waals surface area contributed by atoms with Crippen LogP contribution in [0.2, 0.25) is 0 Å². The molecule has 0 amide bonds. The molecule has 0 atom stereocenters. The van der Waals surface area contributed by atoms with E-state index in [1.165, 1.54) is 0 Å². The van der Waals surface area contributed by atoms with Gasteiger partial charge in [0.05, 0.1) is 36.1 Å². The Kier molecular flexibility index (Phi) is 7.92. The molecule has 1 aromatic carbocycles. The molecule has 10 heteroatoms. The van der Waals surface area contributed by atoms with E-state index in [2.05, 4.69) is 4.90 Å². The van der Waals surface area contributed by atoms with Gasteiger partial charge in [-0.3, -0.25) is 4.79 Å². The zero-order valence-corrected chi connectivity index (χ0v) is 19.4. The molecule has 0 spiro atoms. The first kappa shape index (κ1) is 26.4. The number of benzene rings is 1. The van der Waals surface area contributed by atoms with Gasteiger partial charge < -0.3 is 18.2 Å². The number of esters is 1. The van der Waals surface area contributed by atoms with Gasteiger partial charge in [-0.2, -0.15) is 8.42 Å². The molecule has 0 radical (unpaired) electrons. The van der Waals surface area contributed by atoms with Gasteiger partial charge in [0.15, 0.2) is 0 Å². The first-order chi connectivity index (χ1) is 14.4. The molecule has 0 N–H and O–H groups in total. The van der Waals surface area contributed by atoms with Crippen LogP contribution in [0.15, 0.2) is 27.4 Å². The summed E-state index contributed by atoms with van der Waals surface area (Å²) in [5.41, 5.74) is 1.27. The second-order valence-corrected chi connectivity index (χ2v) is 9.61. The van der Waals surface area contributed by atoms with E-state index in [9.17, 15) is 18.0 Å². The van der Waals surface area contributed by atoms with Gasteiger partial charge in [-0.1, -0.05) is 0 Å². The summed E-state index contributed by atoms with van der Waals surface area (Å²) >= 11 is 0. The molecule has 1 aromatic heterocycles. The number of rotatable bonds is 6. The molecule has 2 aromatic rings. The predicted molar refractivity (Wildman–Crippen MR) is 126 cm³/mol. The van der Waals surface area contributed by atoms with Gasteiger partial charge in [-0.15, -0.1) is 0 Å². The van der Waals surface area contributed by atoms with Crippen LogP contribution >= 0.6 is 0 Å². The maximum absolute atomic E-state index is 12.6. The summed E-state index contributed by atoms with van der Waals surface area (Å²) in [6.07, 6.45) is 2.56. The summed E-state index contributed by atoms with van der Waals surface area (Å²) < 4.78 is 39.6. The molecule has 8 nitrogen and oxygen atoms in total. The number of aryl methyl sites for hydroxylation is 1. The second-order valence-electron chi connectivity index (χ2n) is 8.03. The van der Waals surface area contributed by atoms with Crippen LogP contribution < -0.4 is 10.5 Å². The Hall–Kier alpha value is -1.81. The summed E-state index contributed by atoms with van der Waals surface area (Å²) in [5.74, 6) is -0.304. The number of anilines is 1. The fourth-order valence-corrected chi connectivity index (χ4v) is 4.47. The first-order valence-corrected chi connectivity index (χ1v) is 11.9. The van der Waals surface area contributed by atoms with Crippen molar-refractivity contribution >= 4 is 68.1 Å². The van der Waals surface area contributed by atoms with Crippen LogP contribution in [-0.2, 0) is 30.3 Å². The van der Waals surface area contributed by atoms with Crippen LogP contribution in [0.1, 0.15) is 44.4 Å². The van der Waals surface area contributed by atoms with E-state index in [1.54, 1.807) is 32.1 Å². The minimum absolute atomic E-state index is 0. The zero-order valence-electron chi connectivity index (χ0n) is 18.6. The fraction of sp³-hybridized carbons (Fsp3) is 0.455. The van der Waals surface area contributed by atoms with Crippen LogP contribution in [0.4, 0.5) is 5.69 Å². The third kappa shape index (κ3) is 5.22. The van der Waals surface area contributed by atoms with Crippen molar-refractivity contribution in [1.82, 2.24) is 0 Å². The number of likely N-dealkylation sites (N-methyl/N-ethyl adjacent to an activating group) is 1. The minimum atomic E-state index is -3.76. The third-order valence-corrected chi connectivity index (χ3v) is 5.81. The number of ether oxygens (including phenoxy) is 1. The van der Waals surface area contributed by atoms with Crippen LogP contribution in [0.25, 0.3) is 16.7 Å². The zero-order chi connectivity index (χ0) is 23.1. The van der Waals surface area contributed by atoms with Gasteiger partial charge in [0.25, 0.3) is 0 Å². The van der Waals surface area contributed by atoms with E-state index >= 15 is 0 Å². The molecule has 0 unspecified atom stereocenters. The third-order valence-electron chi connectivity index (χ3n) is 5.32. The Labute approximate surface area is 210 Å². The second kappa shape index (κ2) is 9.59. The number of carbonyl (C=O) groups is 1. The maximum atomic E-state index is 12.6. The summed E-state index contributed by atoms with van der Waals surface area (Å²) in [6, 6.07) is 3.46. The average Bonchev–Trinajstić information content (AvgIpc) is 2.63. The van der Waals surface area contributed by atoms with Gasteiger partial charge >= 0.3 is 51.3 Å². The van der Waals surface area contributed by atoms with Gasteiger partial charge in [0, 0.05) is 23.6 Å². The SMILES string of the molecule is CCOC(=O)Cc1c(C)c2cc3c(cc2oc1=O)N(CC)C(C)(C)C=C3OS(C)(=O)=O.[NaH]. The Morgan fingerprint density at radius 1 is 1.22 bits per heavy atom. The molecule has 0 aliphatic carbocycles. The Bertz CT molecular complexity index is 1250. The van der Waals surface area contributed by atoms with E-state index in [0.29, 0.717) is 34.3 Å². The monoisotopic (exact) mass is 473 g/mol. The normalized spacial score (nSPS) is 14.9. The van der Waals surface area contributed by atoms with Crippen molar-refractivity contribution in [3.8, 4) is 0 Å². The van der Waals surface area contributed by atoms with Gasteiger partial charge in [0.2, 0.25) is 0 Å². The van der Waals surface area contributed by atoms with Crippen molar-refractivity contribution in [1.29, 1.82) is 0 Å². The Morgan fingerprint density at radius 3 is 2.44 bits per heavy atom. The van der Waals surface area contributed by atoms with E-state index in [-0.39, 0.29) is 53.9 Å². The number of hydrogen-bond donors (Lipinski definition) is 0. The summed E-state index contributed by atoms with van der Waals surface area (Å²) in [7, 11) is -3.76. The molecule has 1 aliphatic heterocycles. The van der Waals surface area contributed by atoms with Crippen molar-refractivity contribution in [3.63, 3.8) is 0 Å². The topological polar surface area (TPSA) is 103 Å². The van der Waals surface area contributed by atoms with Crippen LogP contribution in [0.5, 0.6) is 0 Å². The van der Waals surface area contributed by atoms with Gasteiger partial charge in [0.1, 0.15) is 11.3 Å². The molecule has 0 fully saturated rings. The van der Waals surface area contributed by atoms with E-state index in [4.69, 9.17) is 13.3 Å². The molecule has 3 rings (SSSR count). The van der Waals surface area contributed by atoms with Gasteiger partial charge in [-0.25, -0.2) is 4.79 Å². The molecule has 170 valence electrons. The molecule has 2 heterocycles. The standard InChI is InChI=1S/C22H27NO7S.Na.H/c1-7-23-17-11-18-14(13(3)15(21(25)29-18)10-20(24)28-8-2)9-16(17)19(12-22(23,4)5)30-31(6,26)27;;/h9,11-12H,7-8,10H2,1-6H3;;. The average molecular weight is 474 g/mol. The number of fused-ring (bicyclic) bond motifs is 2. The fourth-order valence-electron chi connectivity index (χ4n) is 4.00. The molecular weight excluding hydrogens is 445 g/mol. The van der Waals surface area contributed by atoms with Crippen LogP contribution in [0.3, 0.4) is 0 Å². The summed E-state index contributed by atoms with van der Waals surface area (Å²) in [5, 5.41) is 0.594. The summed E-state index contributed by atoms with van der Waals surface area (Å²) in [4.78, 5) is 26.6. The van der Waals surface area contributed by atoms with Crippen LogP contribution in [0, 0.1) is 6.92 Å². The molecule has 1 aliphatic rings. The van der Waals surface area contributed by atoms with Crippen molar-refractivity contribution in [2.75, 3.05) is 24.3 Å². The predicted octanol–water partition coefficient (Wildman–Crippen LogP) is 2.49. The van der Waals surface area contributed by atoms with Crippen molar-refractivity contribution in [2.24, 2.45) is 0 Å². The van der Waals surface area contributed by atoms with Crippen molar-refractivity contribution < 1.29 is 26.5 Å².